The first-order valence-electron chi connectivity index (χ1n) is 21.2. The molecule has 0 N–H and O–H groups in total. The smallest absolute Gasteiger partial charge is 0.333 e. The minimum Gasteiger partial charge on any atom is -0.489 e. The number of sulfone groups is 4. The molecule has 6 rings (SSSR count). The summed E-state index contributed by atoms with van der Waals surface area (Å²) in [6.07, 6.45) is 3.02. The molecule has 0 saturated heterocycles. The van der Waals surface area contributed by atoms with Crippen molar-refractivity contribution in [3.8, 4) is 11.5 Å². The SMILES string of the molecule is C=C(C(=O)OC)[C@@H](c1ccccc1OC/C=C/COc1ccccc1[C@H](C(=C)C(=O)OC)C(S(=O)(=O)c1ccccc1)S(=O)(=O)c1ccccc1)C(S(=O)(=O)c1ccccc1)S(=O)(=O)c1ccccc1. The van der Waals surface area contributed by atoms with E-state index in [1.54, 1.807) is 36.4 Å². The van der Waals surface area contributed by atoms with E-state index in [9.17, 15) is 43.3 Å². The van der Waals surface area contributed by atoms with Gasteiger partial charge in [-0.05, 0) is 72.8 Å². The minimum atomic E-state index is -4.83. The van der Waals surface area contributed by atoms with Crippen molar-refractivity contribution in [2.75, 3.05) is 27.4 Å². The Labute approximate surface area is 408 Å². The van der Waals surface area contributed by atoms with Crippen molar-refractivity contribution in [3.63, 3.8) is 0 Å². The van der Waals surface area contributed by atoms with Gasteiger partial charge in [-0.3, -0.25) is 0 Å². The van der Waals surface area contributed by atoms with E-state index in [1.807, 2.05) is 0 Å². The third-order valence-corrected chi connectivity index (χ3v) is 21.3. The first-order chi connectivity index (χ1) is 33.4. The molecule has 2 atom stereocenters. The van der Waals surface area contributed by atoms with E-state index in [1.165, 1.54) is 146 Å². The number of benzene rings is 6. The Balaban J connectivity index is 1.35. The van der Waals surface area contributed by atoms with E-state index < -0.39 is 83.4 Å². The fourth-order valence-corrected chi connectivity index (χ4v) is 17.6. The first kappa shape index (κ1) is 52.3. The Morgan fingerprint density at radius 2 is 0.657 bits per heavy atom. The van der Waals surface area contributed by atoms with Crippen LogP contribution in [0.5, 0.6) is 11.5 Å². The molecule has 6 aromatic carbocycles. The van der Waals surface area contributed by atoms with Crippen molar-refractivity contribution < 1.29 is 62.2 Å². The highest BCUT2D eigenvalue weighted by Gasteiger charge is 2.51. The average molecular weight is 1030 g/mol. The highest BCUT2D eigenvalue weighted by Crippen LogP contribution is 2.45. The zero-order valence-electron chi connectivity index (χ0n) is 37.8. The molecule has 364 valence electrons. The molecule has 18 heteroatoms. The molecule has 0 spiro atoms. The van der Waals surface area contributed by atoms with Crippen molar-refractivity contribution >= 4 is 51.3 Å². The highest BCUT2D eigenvalue weighted by atomic mass is 32.3. The Hall–Kier alpha value is -7.12. The molecule has 14 nitrogen and oxygen atoms in total. The maximum absolute atomic E-state index is 14.6. The number of ether oxygens (including phenoxy) is 4. The number of rotatable bonds is 22. The number of carbonyl (C=O) groups excluding carboxylic acids is 2. The van der Waals surface area contributed by atoms with E-state index in [2.05, 4.69) is 13.2 Å². The van der Waals surface area contributed by atoms with Crippen LogP contribution in [0, 0.1) is 0 Å². The number of methoxy groups -OCH3 is 2. The normalized spacial score (nSPS) is 13.0. The lowest BCUT2D eigenvalue weighted by Gasteiger charge is -2.29. The van der Waals surface area contributed by atoms with Gasteiger partial charge in [0.25, 0.3) is 0 Å². The summed E-state index contributed by atoms with van der Waals surface area (Å²) in [4.78, 5) is 25.3. The van der Waals surface area contributed by atoms with Crippen LogP contribution in [0.4, 0.5) is 0 Å². The van der Waals surface area contributed by atoms with E-state index in [4.69, 9.17) is 18.9 Å². The molecule has 0 radical (unpaired) electrons. The van der Waals surface area contributed by atoms with Crippen molar-refractivity contribution in [3.05, 3.63) is 217 Å². The maximum Gasteiger partial charge on any atom is 0.333 e. The third kappa shape index (κ3) is 11.2. The lowest BCUT2D eigenvalue weighted by molar-refractivity contribution is -0.137. The van der Waals surface area contributed by atoms with Crippen LogP contribution >= 0.6 is 0 Å². The molecule has 0 unspecified atom stereocenters. The molecule has 0 aliphatic rings. The summed E-state index contributed by atoms with van der Waals surface area (Å²) in [5.41, 5.74) is -0.979. The Morgan fingerprint density at radius 3 is 0.914 bits per heavy atom. The van der Waals surface area contributed by atoms with Gasteiger partial charge in [0.1, 0.15) is 24.7 Å². The van der Waals surface area contributed by atoms with Gasteiger partial charge >= 0.3 is 11.9 Å². The molecule has 0 aliphatic carbocycles. The number of carbonyl (C=O) groups is 2. The van der Waals surface area contributed by atoms with Crippen molar-refractivity contribution in [2.24, 2.45) is 0 Å². The lowest BCUT2D eigenvalue weighted by Crippen LogP contribution is -2.39. The van der Waals surface area contributed by atoms with Crippen LogP contribution in [0.3, 0.4) is 0 Å². The van der Waals surface area contributed by atoms with E-state index in [0.717, 1.165) is 14.2 Å². The largest absolute Gasteiger partial charge is 0.489 e. The van der Waals surface area contributed by atoms with Crippen molar-refractivity contribution in [1.29, 1.82) is 0 Å². The number of hydrogen-bond donors (Lipinski definition) is 0. The molecule has 0 aromatic heterocycles. The summed E-state index contributed by atoms with van der Waals surface area (Å²) in [5.74, 6) is -5.66. The molecular weight excluding hydrogens is 977 g/mol. The topological polar surface area (TPSA) is 208 Å². The number of hydrogen-bond acceptors (Lipinski definition) is 14. The second-order valence-corrected chi connectivity index (χ2v) is 24.2. The second kappa shape index (κ2) is 22.5. The summed E-state index contributed by atoms with van der Waals surface area (Å²) < 4.78 is 135. The minimum absolute atomic E-state index is 0.000512. The van der Waals surface area contributed by atoms with E-state index in [-0.39, 0.29) is 55.4 Å². The Bertz CT molecular complexity index is 2960. The molecular formula is C52H48O14S4. The standard InChI is InChI=1S/C52H48O14S4/c1-37(49(53)63-3)47(51(67(55,56)39-23-9-5-10-24-39)68(57,58)40-25-11-6-12-26-40)43-31-17-19-33-45(43)65-35-21-22-36-66-46-34-20-18-32-44(46)48(38(2)50(54)64-4)52(69(59,60)41-27-13-7-14-28-41)70(61,62)42-29-15-8-16-30-42/h5-34,47-48,51-52H,1-2,35-36H2,3-4H3/b22-21+/t47-,48-/m0/s1. The average Bonchev–Trinajstić information content (AvgIpc) is 3.38. The van der Waals surface area contributed by atoms with Crippen molar-refractivity contribution in [1.82, 2.24) is 0 Å². The number of para-hydroxylation sites is 2. The van der Waals surface area contributed by atoms with Gasteiger partial charge in [-0.1, -0.05) is 122 Å². The van der Waals surface area contributed by atoms with Gasteiger partial charge in [0.2, 0.25) is 0 Å². The summed E-state index contributed by atoms with van der Waals surface area (Å²) in [6, 6.07) is 39.8. The predicted molar refractivity (Wildman–Crippen MR) is 263 cm³/mol. The summed E-state index contributed by atoms with van der Waals surface area (Å²) in [6.45, 7) is 7.25. The predicted octanol–water partition coefficient (Wildman–Crippen LogP) is 7.87. The van der Waals surface area contributed by atoms with Crippen LogP contribution in [0.25, 0.3) is 0 Å². The summed E-state index contributed by atoms with van der Waals surface area (Å²) in [7, 11) is -17.2. The van der Waals surface area contributed by atoms with Crippen LogP contribution < -0.4 is 9.47 Å². The Morgan fingerprint density at radius 1 is 0.414 bits per heavy atom. The first-order valence-corrected chi connectivity index (χ1v) is 27.4. The molecule has 0 aliphatic heterocycles. The molecule has 0 heterocycles. The van der Waals surface area contributed by atoms with Crippen molar-refractivity contribution in [2.45, 2.75) is 40.6 Å². The zero-order chi connectivity index (χ0) is 50.7. The van der Waals surface area contributed by atoms with E-state index in [0.29, 0.717) is 0 Å². The van der Waals surface area contributed by atoms with Gasteiger partial charge < -0.3 is 18.9 Å². The third-order valence-electron chi connectivity index (χ3n) is 11.0. The fraction of sp³-hybridized carbons (Fsp3) is 0.154. The molecule has 0 amide bonds. The quantitative estimate of drug-likeness (QED) is 0.0360. The van der Waals surface area contributed by atoms with Gasteiger partial charge in [-0.15, -0.1) is 0 Å². The molecule has 70 heavy (non-hydrogen) atoms. The van der Waals surface area contributed by atoms with Gasteiger partial charge in [-0.2, -0.15) is 0 Å². The van der Waals surface area contributed by atoms with Crippen LogP contribution in [0.2, 0.25) is 0 Å². The van der Waals surface area contributed by atoms with Crippen LogP contribution in [-0.2, 0) is 58.4 Å². The Kier molecular flexibility index (Phi) is 16.8. The highest BCUT2D eigenvalue weighted by molar-refractivity contribution is 8.09. The lowest BCUT2D eigenvalue weighted by atomic mass is 9.92. The molecule has 6 aromatic rings. The molecule has 0 bridgehead atoms. The van der Waals surface area contributed by atoms with E-state index >= 15 is 0 Å². The van der Waals surface area contributed by atoms with Crippen LogP contribution in [0.1, 0.15) is 23.0 Å². The van der Waals surface area contributed by atoms with Gasteiger partial charge in [-0.25, -0.2) is 43.3 Å². The molecule has 0 fully saturated rings. The van der Waals surface area contributed by atoms with Crippen LogP contribution in [0.15, 0.2) is 226 Å². The maximum atomic E-state index is 14.6. The number of esters is 2. The molecule has 0 saturated carbocycles. The van der Waals surface area contributed by atoms with Crippen LogP contribution in [-0.4, -0.2) is 82.2 Å². The van der Waals surface area contributed by atoms with Gasteiger partial charge in [0.15, 0.2) is 48.5 Å². The second-order valence-electron chi connectivity index (χ2n) is 15.3. The zero-order valence-corrected chi connectivity index (χ0v) is 41.1. The summed E-state index contributed by atoms with van der Waals surface area (Å²) >= 11 is 0. The van der Waals surface area contributed by atoms with Gasteiger partial charge in [0.05, 0.1) is 45.6 Å². The fourth-order valence-electron chi connectivity index (χ4n) is 7.69. The summed E-state index contributed by atoms with van der Waals surface area (Å²) in [5, 5.41) is 0. The monoisotopic (exact) mass is 1020 g/mol. The van der Waals surface area contributed by atoms with Gasteiger partial charge in [0, 0.05) is 22.3 Å².